The van der Waals surface area contributed by atoms with Gasteiger partial charge in [0.1, 0.15) is 18.2 Å². The number of nitrogens with one attached hydrogen (secondary N) is 1. The Labute approximate surface area is 202 Å². The summed E-state index contributed by atoms with van der Waals surface area (Å²) in [4.78, 5) is 27.5. The normalized spacial score (nSPS) is 15.6. The number of aliphatic imine (C=N–C) groups is 1. The molecule has 6 nitrogen and oxygen atoms in total. The molecule has 6 rings (SSSR count). The van der Waals surface area contributed by atoms with Crippen LogP contribution in [0.4, 0.5) is 0 Å². The third kappa shape index (κ3) is 3.96. The Bertz CT molecular complexity index is 1420. The van der Waals surface area contributed by atoms with Crippen LogP contribution in [0, 0.1) is 6.92 Å². The van der Waals surface area contributed by atoms with Gasteiger partial charge in [-0.1, -0.05) is 24.3 Å². The van der Waals surface area contributed by atoms with Gasteiger partial charge in [-0.2, -0.15) is 0 Å². The van der Waals surface area contributed by atoms with E-state index in [4.69, 9.17) is 4.74 Å². The summed E-state index contributed by atoms with van der Waals surface area (Å²) in [6.45, 7) is 4.36. The fourth-order valence-electron chi connectivity index (χ4n) is 4.51. The van der Waals surface area contributed by atoms with Gasteiger partial charge in [-0.25, -0.2) is 4.98 Å². The zero-order chi connectivity index (χ0) is 23.1. The summed E-state index contributed by atoms with van der Waals surface area (Å²) in [6.07, 6.45) is 0. The lowest BCUT2D eigenvalue weighted by molar-refractivity contribution is 0.0733. The molecule has 34 heavy (non-hydrogen) atoms. The number of amides is 1. The van der Waals surface area contributed by atoms with Crippen molar-refractivity contribution in [1.29, 1.82) is 0 Å². The van der Waals surface area contributed by atoms with Crippen molar-refractivity contribution in [3.05, 3.63) is 83.2 Å². The van der Waals surface area contributed by atoms with E-state index in [2.05, 4.69) is 39.2 Å². The number of rotatable bonds is 3. The largest absolute Gasteiger partial charge is 0.491 e. The molecule has 2 aliphatic heterocycles. The summed E-state index contributed by atoms with van der Waals surface area (Å²) < 4.78 is 5.99. The Morgan fingerprint density at radius 3 is 2.65 bits per heavy atom. The van der Waals surface area contributed by atoms with Gasteiger partial charge in [-0.3, -0.25) is 9.79 Å². The van der Waals surface area contributed by atoms with Crippen LogP contribution in [-0.4, -0.2) is 51.3 Å². The number of benzene rings is 3. The fraction of sp³-hybridized carbons (Fsp3) is 0.222. The van der Waals surface area contributed by atoms with Gasteiger partial charge in [-0.15, -0.1) is 11.8 Å². The maximum Gasteiger partial charge on any atom is 0.254 e. The van der Waals surface area contributed by atoms with E-state index in [0.717, 1.165) is 62.2 Å². The minimum Gasteiger partial charge on any atom is -0.491 e. The molecule has 0 fully saturated rings. The second-order valence-electron chi connectivity index (χ2n) is 8.56. The molecule has 0 spiro atoms. The maximum atomic E-state index is 13.3. The minimum atomic E-state index is 0.0174. The van der Waals surface area contributed by atoms with Crippen molar-refractivity contribution in [1.82, 2.24) is 14.9 Å². The van der Waals surface area contributed by atoms with Crippen LogP contribution < -0.4 is 4.74 Å². The Hall–Kier alpha value is -3.58. The SMILES string of the molecule is Cc1nc2ccc(-c3ccc4c(c3)CN(C(=O)c3ccc(C5=NCCS5)cc3)CCO4)cc2[nH]1. The van der Waals surface area contributed by atoms with Crippen LogP contribution in [0.3, 0.4) is 0 Å². The van der Waals surface area contributed by atoms with E-state index in [1.165, 1.54) is 0 Å². The number of thioether (sulfide) groups is 1. The second-order valence-corrected chi connectivity index (χ2v) is 9.65. The van der Waals surface area contributed by atoms with Gasteiger partial charge in [-0.05, 0) is 54.4 Å². The Balaban J connectivity index is 1.26. The maximum absolute atomic E-state index is 13.3. The number of aromatic amines is 1. The molecule has 0 radical (unpaired) electrons. The van der Waals surface area contributed by atoms with Crippen LogP contribution in [0.25, 0.3) is 22.2 Å². The van der Waals surface area contributed by atoms with E-state index in [9.17, 15) is 4.79 Å². The van der Waals surface area contributed by atoms with Gasteiger partial charge in [0, 0.05) is 35.5 Å². The molecule has 0 atom stereocenters. The number of carbonyl (C=O) groups is 1. The highest BCUT2D eigenvalue weighted by atomic mass is 32.2. The first-order valence-corrected chi connectivity index (χ1v) is 12.4. The third-order valence-electron chi connectivity index (χ3n) is 6.23. The Morgan fingerprint density at radius 2 is 1.82 bits per heavy atom. The zero-order valence-electron chi connectivity index (χ0n) is 18.9. The first-order chi connectivity index (χ1) is 16.6. The van der Waals surface area contributed by atoms with Crippen LogP contribution in [0.15, 0.2) is 65.7 Å². The number of imidazole rings is 1. The molecule has 1 amide bonds. The highest BCUT2D eigenvalue weighted by Crippen LogP contribution is 2.31. The lowest BCUT2D eigenvalue weighted by atomic mass is 10.0. The smallest absolute Gasteiger partial charge is 0.254 e. The van der Waals surface area contributed by atoms with Crippen molar-refractivity contribution in [2.45, 2.75) is 13.5 Å². The number of ether oxygens (including phenoxy) is 1. The molecule has 0 unspecified atom stereocenters. The van der Waals surface area contributed by atoms with Crippen molar-refractivity contribution < 1.29 is 9.53 Å². The number of hydrogen-bond acceptors (Lipinski definition) is 5. The molecule has 3 heterocycles. The van der Waals surface area contributed by atoms with Crippen LogP contribution in [0.2, 0.25) is 0 Å². The fourth-order valence-corrected chi connectivity index (χ4v) is 5.37. The average molecular weight is 469 g/mol. The topological polar surface area (TPSA) is 70.6 Å². The van der Waals surface area contributed by atoms with E-state index < -0.39 is 0 Å². The molecular weight excluding hydrogens is 444 g/mol. The molecule has 7 heteroatoms. The van der Waals surface area contributed by atoms with Crippen LogP contribution in [0.1, 0.15) is 27.3 Å². The minimum absolute atomic E-state index is 0.0174. The number of fused-ring (bicyclic) bond motifs is 2. The van der Waals surface area contributed by atoms with Crippen LogP contribution in [-0.2, 0) is 6.54 Å². The van der Waals surface area contributed by atoms with Crippen molar-refractivity contribution in [3.8, 4) is 16.9 Å². The molecule has 1 aromatic heterocycles. The number of aryl methyl sites for hydroxylation is 1. The average Bonchev–Trinajstić information content (AvgIpc) is 3.47. The predicted octanol–water partition coefficient (Wildman–Crippen LogP) is 5.07. The van der Waals surface area contributed by atoms with Gasteiger partial charge in [0.2, 0.25) is 0 Å². The van der Waals surface area contributed by atoms with Gasteiger partial charge in [0.05, 0.1) is 22.6 Å². The predicted molar refractivity (Wildman–Crippen MR) is 137 cm³/mol. The monoisotopic (exact) mass is 468 g/mol. The number of H-pyrrole nitrogens is 1. The lowest BCUT2D eigenvalue weighted by Crippen LogP contribution is -2.32. The quantitative estimate of drug-likeness (QED) is 0.456. The van der Waals surface area contributed by atoms with Gasteiger partial charge in [0.25, 0.3) is 5.91 Å². The Morgan fingerprint density at radius 1 is 1.03 bits per heavy atom. The molecule has 3 aromatic carbocycles. The first kappa shape index (κ1) is 21.0. The van der Waals surface area contributed by atoms with E-state index in [1.807, 2.05) is 48.2 Å². The van der Waals surface area contributed by atoms with Crippen molar-refractivity contribution >= 4 is 33.7 Å². The number of carbonyl (C=O) groups excluding carboxylic acids is 1. The lowest BCUT2D eigenvalue weighted by Gasteiger charge is -2.20. The highest BCUT2D eigenvalue weighted by Gasteiger charge is 2.22. The summed E-state index contributed by atoms with van der Waals surface area (Å²) in [5, 5.41) is 1.06. The molecule has 170 valence electrons. The molecule has 0 saturated carbocycles. The third-order valence-corrected chi connectivity index (χ3v) is 7.25. The summed E-state index contributed by atoms with van der Waals surface area (Å²) in [5.41, 5.74) is 6.95. The molecule has 1 N–H and O–H groups in total. The highest BCUT2D eigenvalue weighted by molar-refractivity contribution is 8.14. The standard InChI is InChI=1S/C27H24N4O2S/c1-17-29-23-8-6-21(15-24(23)30-17)20-7-9-25-22(14-20)16-31(11-12-33-25)27(32)19-4-2-18(3-5-19)26-28-10-13-34-26/h2-9,14-15H,10-13,16H2,1H3,(H,29,30). The number of hydrogen-bond donors (Lipinski definition) is 1. The van der Waals surface area contributed by atoms with Crippen molar-refractivity contribution in [2.75, 3.05) is 25.4 Å². The van der Waals surface area contributed by atoms with Crippen LogP contribution in [0.5, 0.6) is 5.75 Å². The number of aromatic nitrogens is 2. The van der Waals surface area contributed by atoms with E-state index in [1.54, 1.807) is 11.8 Å². The van der Waals surface area contributed by atoms with E-state index in [0.29, 0.717) is 25.3 Å². The van der Waals surface area contributed by atoms with Crippen molar-refractivity contribution in [2.24, 2.45) is 4.99 Å². The molecule has 4 aromatic rings. The molecule has 0 saturated heterocycles. The van der Waals surface area contributed by atoms with E-state index >= 15 is 0 Å². The number of nitrogens with zero attached hydrogens (tertiary/aromatic N) is 3. The molecule has 0 aliphatic carbocycles. The van der Waals surface area contributed by atoms with Gasteiger partial charge < -0.3 is 14.6 Å². The van der Waals surface area contributed by atoms with E-state index in [-0.39, 0.29) is 5.91 Å². The first-order valence-electron chi connectivity index (χ1n) is 11.4. The van der Waals surface area contributed by atoms with Gasteiger partial charge in [0.15, 0.2) is 0 Å². The molecular formula is C27H24N4O2S. The van der Waals surface area contributed by atoms with Gasteiger partial charge >= 0.3 is 0 Å². The summed E-state index contributed by atoms with van der Waals surface area (Å²) in [5.74, 6) is 2.79. The Kier molecular flexibility index (Phi) is 5.34. The van der Waals surface area contributed by atoms with Crippen LogP contribution >= 0.6 is 11.8 Å². The summed E-state index contributed by atoms with van der Waals surface area (Å²) >= 11 is 1.77. The molecule has 2 aliphatic rings. The molecule has 0 bridgehead atoms. The van der Waals surface area contributed by atoms with Crippen molar-refractivity contribution in [3.63, 3.8) is 0 Å². The zero-order valence-corrected chi connectivity index (χ0v) is 19.7. The second kappa shape index (κ2) is 8.65. The summed E-state index contributed by atoms with van der Waals surface area (Å²) in [7, 11) is 0. The summed E-state index contributed by atoms with van der Waals surface area (Å²) in [6, 6.07) is 20.3.